The number of nitrogens with one attached hydrogen (secondary N) is 1. The summed E-state index contributed by atoms with van der Waals surface area (Å²) in [5.41, 5.74) is 3.32. The van der Waals surface area contributed by atoms with Crippen LogP contribution in [0, 0.1) is 5.92 Å². The van der Waals surface area contributed by atoms with E-state index in [1.165, 1.54) is 35.0 Å². The van der Waals surface area contributed by atoms with Gasteiger partial charge >= 0.3 is 12.2 Å². The molecule has 1 aromatic carbocycles. The van der Waals surface area contributed by atoms with E-state index in [0.29, 0.717) is 5.92 Å². The Balaban J connectivity index is 1.31. The summed E-state index contributed by atoms with van der Waals surface area (Å²) in [7, 11) is 0. The fourth-order valence-corrected chi connectivity index (χ4v) is 4.96. The zero-order valence-electron chi connectivity index (χ0n) is 22.7. The summed E-state index contributed by atoms with van der Waals surface area (Å²) in [6, 6.07) is 8.72. The topological polar surface area (TPSA) is 89.5 Å². The molecule has 1 N–H and O–H groups in total. The molecule has 0 atom stereocenters. The first-order valence-corrected chi connectivity index (χ1v) is 13.3. The van der Waals surface area contributed by atoms with Gasteiger partial charge in [0, 0.05) is 41.3 Å². The van der Waals surface area contributed by atoms with Crippen molar-refractivity contribution < 1.29 is 19.1 Å². The van der Waals surface area contributed by atoms with Crippen molar-refractivity contribution in [3.8, 4) is 11.1 Å². The molecule has 2 fully saturated rings. The fraction of sp³-hybridized carbons (Fsp3) is 0.552. The van der Waals surface area contributed by atoms with Crippen molar-refractivity contribution in [1.29, 1.82) is 0 Å². The molecular weight excluding hydrogens is 468 g/mol. The van der Waals surface area contributed by atoms with Crippen LogP contribution >= 0.6 is 0 Å². The minimum absolute atomic E-state index is 0.162. The molecule has 37 heavy (non-hydrogen) atoms. The van der Waals surface area contributed by atoms with Crippen LogP contribution in [0.25, 0.3) is 22.0 Å². The van der Waals surface area contributed by atoms with Crippen LogP contribution in [0.5, 0.6) is 0 Å². The number of nitrogens with zero attached hydrogens (tertiary/aromatic N) is 3. The highest BCUT2D eigenvalue weighted by Gasteiger charge is 2.39. The first-order chi connectivity index (χ1) is 17.4. The van der Waals surface area contributed by atoms with Gasteiger partial charge < -0.3 is 14.5 Å². The van der Waals surface area contributed by atoms with Gasteiger partial charge in [-0.25, -0.2) is 14.5 Å². The molecule has 198 valence electrons. The number of fused-ring (bicyclic) bond motifs is 1. The third-order valence-electron chi connectivity index (χ3n) is 6.86. The second kappa shape index (κ2) is 9.23. The molecule has 0 unspecified atom stereocenters. The molecule has 2 saturated carbocycles. The van der Waals surface area contributed by atoms with E-state index >= 15 is 0 Å². The molecule has 2 aromatic heterocycles. The lowest BCUT2D eigenvalue weighted by atomic mass is 9.80. The van der Waals surface area contributed by atoms with Gasteiger partial charge in [0.05, 0.1) is 11.7 Å². The number of aromatic amines is 1. The predicted molar refractivity (Wildman–Crippen MR) is 142 cm³/mol. The van der Waals surface area contributed by atoms with E-state index in [-0.39, 0.29) is 18.5 Å². The highest BCUT2D eigenvalue weighted by Crippen LogP contribution is 2.47. The van der Waals surface area contributed by atoms with E-state index in [4.69, 9.17) is 14.6 Å². The Morgan fingerprint density at radius 1 is 1.00 bits per heavy atom. The first kappa shape index (κ1) is 25.4. The van der Waals surface area contributed by atoms with Crippen molar-refractivity contribution in [1.82, 2.24) is 19.7 Å². The maximum atomic E-state index is 12.9. The van der Waals surface area contributed by atoms with Gasteiger partial charge in [0.1, 0.15) is 11.2 Å². The zero-order chi connectivity index (χ0) is 26.5. The maximum absolute atomic E-state index is 12.9. The van der Waals surface area contributed by atoms with Crippen molar-refractivity contribution >= 4 is 23.1 Å². The van der Waals surface area contributed by atoms with E-state index < -0.39 is 23.4 Å². The van der Waals surface area contributed by atoms with Crippen LogP contribution in [0.4, 0.5) is 9.59 Å². The molecule has 0 spiro atoms. The van der Waals surface area contributed by atoms with E-state index in [0.717, 1.165) is 23.3 Å². The Morgan fingerprint density at radius 2 is 1.65 bits per heavy atom. The highest BCUT2D eigenvalue weighted by molar-refractivity contribution is 5.95. The van der Waals surface area contributed by atoms with Gasteiger partial charge in [0.25, 0.3) is 0 Å². The van der Waals surface area contributed by atoms with Gasteiger partial charge in [0.15, 0.2) is 0 Å². The minimum Gasteiger partial charge on any atom is -0.443 e. The highest BCUT2D eigenvalue weighted by atomic mass is 16.6. The van der Waals surface area contributed by atoms with Crippen LogP contribution < -0.4 is 0 Å². The smallest absolute Gasteiger partial charge is 0.419 e. The molecule has 3 aromatic rings. The summed E-state index contributed by atoms with van der Waals surface area (Å²) in [5, 5.41) is 6.26. The van der Waals surface area contributed by atoms with Crippen LogP contribution in [-0.2, 0) is 9.47 Å². The van der Waals surface area contributed by atoms with Crippen LogP contribution in [-0.4, -0.2) is 49.6 Å². The number of amides is 2. The van der Waals surface area contributed by atoms with Crippen molar-refractivity contribution in [3.05, 3.63) is 42.4 Å². The fourth-order valence-electron chi connectivity index (χ4n) is 4.96. The maximum Gasteiger partial charge on any atom is 0.419 e. The van der Waals surface area contributed by atoms with Crippen molar-refractivity contribution in [2.75, 3.05) is 6.54 Å². The summed E-state index contributed by atoms with van der Waals surface area (Å²) in [6.45, 7) is 11.0. The van der Waals surface area contributed by atoms with E-state index in [2.05, 4.69) is 40.1 Å². The van der Waals surface area contributed by atoms with Crippen LogP contribution in [0.2, 0.25) is 0 Å². The number of aromatic nitrogens is 3. The molecule has 2 amide bonds. The number of ether oxygens (including phenoxy) is 2. The Hall–Kier alpha value is -3.29. The molecule has 2 aliphatic rings. The lowest BCUT2D eigenvalue weighted by molar-refractivity contribution is -0.00641. The number of hydrogen-bond acceptors (Lipinski definition) is 5. The summed E-state index contributed by atoms with van der Waals surface area (Å²) >= 11 is 0. The standard InChI is InChI=1S/C29H38N4O4/c1-28(2,3)36-26(34)32(27(35)37-29(4,5)6)16-18-14-20(15-18)33-17-23(25(31-33)19-10-11-19)21-8-7-9-24-22(21)12-13-30-24/h7-9,12-13,17-20,30H,10-11,14-16H2,1-6H3. The van der Waals surface area contributed by atoms with E-state index in [1.807, 2.05) is 6.20 Å². The summed E-state index contributed by atoms with van der Waals surface area (Å²) < 4.78 is 13.1. The number of carbonyl (C=O) groups excluding carboxylic acids is 2. The van der Waals surface area contributed by atoms with Crippen molar-refractivity contribution in [3.63, 3.8) is 0 Å². The number of carbonyl (C=O) groups is 2. The quantitative estimate of drug-likeness (QED) is 0.401. The summed E-state index contributed by atoms with van der Waals surface area (Å²) in [4.78, 5) is 30.2. The molecule has 8 nitrogen and oxygen atoms in total. The molecular formula is C29H38N4O4. The van der Waals surface area contributed by atoms with Gasteiger partial charge in [0.2, 0.25) is 0 Å². The Morgan fingerprint density at radius 3 is 2.24 bits per heavy atom. The second-order valence-electron chi connectivity index (χ2n) is 12.5. The molecule has 2 aliphatic carbocycles. The van der Waals surface area contributed by atoms with Gasteiger partial charge in [-0.1, -0.05) is 12.1 Å². The molecule has 0 radical (unpaired) electrons. The molecule has 0 aliphatic heterocycles. The number of benzene rings is 1. The number of rotatable bonds is 5. The molecule has 0 saturated heterocycles. The van der Waals surface area contributed by atoms with E-state index in [1.54, 1.807) is 41.5 Å². The van der Waals surface area contributed by atoms with Crippen molar-refractivity contribution in [2.45, 2.75) is 90.4 Å². The number of hydrogen-bond donors (Lipinski definition) is 1. The predicted octanol–water partition coefficient (Wildman–Crippen LogP) is 7.03. The largest absolute Gasteiger partial charge is 0.443 e. The van der Waals surface area contributed by atoms with Gasteiger partial charge in [-0.05, 0) is 90.8 Å². The lowest BCUT2D eigenvalue weighted by Crippen LogP contribution is -2.47. The Kier molecular flexibility index (Phi) is 6.32. The zero-order valence-corrected chi connectivity index (χ0v) is 22.7. The van der Waals surface area contributed by atoms with Gasteiger partial charge in [-0.3, -0.25) is 4.68 Å². The molecule has 2 heterocycles. The minimum atomic E-state index is -0.702. The van der Waals surface area contributed by atoms with Crippen LogP contribution in [0.3, 0.4) is 0 Å². The van der Waals surface area contributed by atoms with E-state index in [9.17, 15) is 9.59 Å². The van der Waals surface area contributed by atoms with Crippen molar-refractivity contribution in [2.24, 2.45) is 5.92 Å². The monoisotopic (exact) mass is 506 g/mol. The van der Waals surface area contributed by atoms with Crippen LogP contribution in [0.15, 0.2) is 36.7 Å². The third-order valence-corrected chi connectivity index (χ3v) is 6.86. The summed E-state index contributed by atoms with van der Waals surface area (Å²) in [5.74, 6) is 0.686. The molecule has 5 rings (SSSR count). The first-order valence-electron chi connectivity index (χ1n) is 13.3. The average Bonchev–Trinajstić information content (AvgIpc) is 3.31. The summed E-state index contributed by atoms with van der Waals surface area (Å²) in [6.07, 6.45) is 6.87. The SMILES string of the molecule is CC(C)(C)OC(=O)N(CC1CC(n2cc(-c3cccc4[nH]ccc34)c(C3CC3)n2)C1)C(=O)OC(C)(C)C. The molecule has 0 bridgehead atoms. The molecule has 8 heteroatoms. The van der Waals surface area contributed by atoms with Gasteiger partial charge in [-0.2, -0.15) is 5.10 Å². The second-order valence-corrected chi connectivity index (χ2v) is 12.5. The average molecular weight is 507 g/mol. The lowest BCUT2D eigenvalue weighted by Gasteiger charge is -2.38. The normalized spacial score (nSPS) is 19.9. The Labute approximate surface area is 218 Å². The number of H-pyrrole nitrogens is 1. The number of imide groups is 1. The van der Waals surface area contributed by atoms with Crippen LogP contribution in [0.1, 0.15) is 84.9 Å². The Bertz CT molecular complexity index is 1270. The third kappa shape index (κ3) is 5.68. The van der Waals surface area contributed by atoms with Gasteiger partial charge in [-0.15, -0.1) is 0 Å².